The molecule has 1 aromatic rings. The normalized spacial score (nSPS) is 13.9. The largest absolute Gasteiger partial charge is 0.480 e. The number of carboxylic acid groups (broad SMARTS) is 1. The molecule has 0 aliphatic heterocycles. The molecule has 0 unspecified atom stereocenters. The number of carbonyl (C=O) groups excluding carboxylic acids is 1. The molecular weight excluding hydrogens is 327 g/mol. The molecule has 0 atom stereocenters. The Morgan fingerprint density at radius 1 is 1.20 bits per heavy atom. The summed E-state index contributed by atoms with van der Waals surface area (Å²) in [5.74, 6) is -1.06. The quantitative estimate of drug-likeness (QED) is 0.823. The van der Waals surface area contributed by atoms with Crippen molar-refractivity contribution in [2.45, 2.75) is 18.9 Å². The zero-order valence-electron chi connectivity index (χ0n) is 10.2. The van der Waals surface area contributed by atoms with Crippen molar-refractivity contribution >= 4 is 52.5 Å². The minimum atomic E-state index is -1.06. The zero-order chi connectivity index (χ0) is 14.9. The van der Waals surface area contributed by atoms with E-state index in [0.29, 0.717) is 5.69 Å². The lowest BCUT2D eigenvalue weighted by Gasteiger charge is -2.21. The first kappa shape index (κ1) is 15.2. The van der Waals surface area contributed by atoms with Crippen molar-refractivity contribution < 1.29 is 14.7 Å². The van der Waals surface area contributed by atoms with Crippen LogP contribution < -0.4 is 5.32 Å². The summed E-state index contributed by atoms with van der Waals surface area (Å²) in [5, 5.41) is 12.1. The predicted octanol–water partition coefficient (Wildman–Crippen LogP) is 3.73. The molecule has 1 aromatic carbocycles. The third-order valence-electron chi connectivity index (χ3n) is 2.81. The van der Waals surface area contributed by atoms with Gasteiger partial charge in [0.2, 0.25) is 0 Å². The van der Waals surface area contributed by atoms with Gasteiger partial charge in [0.15, 0.2) is 0 Å². The third-order valence-corrected chi connectivity index (χ3v) is 3.84. The van der Waals surface area contributed by atoms with Crippen molar-refractivity contribution in [3.63, 3.8) is 0 Å². The first-order chi connectivity index (χ1) is 9.38. The number of carbonyl (C=O) groups is 2. The Labute approximate surface area is 130 Å². The smallest absolute Gasteiger partial charge is 0.323 e. The van der Waals surface area contributed by atoms with E-state index in [1.54, 1.807) is 0 Å². The Hall–Kier alpha value is -1.17. The highest BCUT2D eigenvalue weighted by Crippen LogP contribution is 2.33. The number of nitrogens with one attached hydrogen (secondary N) is 1. The Bertz CT molecular complexity index is 561. The molecule has 0 radical (unpaired) electrons. The van der Waals surface area contributed by atoms with Crippen LogP contribution in [0.15, 0.2) is 12.1 Å². The number of hydrogen-bond donors (Lipinski definition) is 2. The number of anilines is 1. The number of aliphatic carboxylic acids is 1. The summed E-state index contributed by atoms with van der Waals surface area (Å²) >= 11 is 17.6. The second kappa shape index (κ2) is 6.08. The fraction of sp³-hybridized carbons (Fsp3) is 0.333. The molecular formula is C12H11Cl3N2O3. The molecule has 0 aromatic heterocycles. The van der Waals surface area contributed by atoms with E-state index in [9.17, 15) is 9.59 Å². The summed E-state index contributed by atoms with van der Waals surface area (Å²) < 4.78 is 0. The number of hydrogen-bond acceptors (Lipinski definition) is 2. The Morgan fingerprint density at radius 3 is 2.35 bits per heavy atom. The SMILES string of the molecule is O=C(O)CN(C(=O)Nc1cc(Cl)c(Cl)cc1Cl)C1CC1. The van der Waals surface area contributed by atoms with Gasteiger partial charge in [-0.15, -0.1) is 0 Å². The van der Waals surface area contributed by atoms with E-state index in [1.165, 1.54) is 17.0 Å². The summed E-state index contributed by atoms with van der Waals surface area (Å²) in [6.45, 7) is -0.352. The molecule has 8 heteroatoms. The van der Waals surface area contributed by atoms with E-state index < -0.39 is 12.0 Å². The van der Waals surface area contributed by atoms with Crippen molar-refractivity contribution in [1.82, 2.24) is 4.90 Å². The van der Waals surface area contributed by atoms with Crippen molar-refractivity contribution in [2.75, 3.05) is 11.9 Å². The molecule has 0 saturated heterocycles. The zero-order valence-corrected chi connectivity index (χ0v) is 12.5. The lowest BCUT2D eigenvalue weighted by atomic mass is 10.3. The molecule has 1 aliphatic carbocycles. The van der Waals surface area contributed by atoms with Gasteiger partial charge in [0.05, 0.1) is 20.8 Å². The van der Waals surface area contributed by atoms with Gasteiger partial charge in [-0.05, 0) is 25.0 Å². The lowest BCUT2D eigenvalue weighted by molar-refractivity contribution is -0.137. The van der Waals surface area contributed by atoms with Crippen molar-refractivity contribution in [1.29, 1.82) is 0 Å². The number of urea groups is 1. The Kier molecular flexibility index (Phi) is 4.62. The molecule has 0 spiro atoms. The van der Waals surface area contributed by atoms with Crippen LogP contribution in [0, 0.1) is 0 Å². The molecule has 5 nitrogen and oxygen atoms in total. The lowest BCUT2D eigenvalue weighted by Crippen LogP contribution is -2.40. The number of nitrogens with zero attached hydrogens (tertiary/aromatic N) is 1. The maximum absolute atomic E-state index is 12.1. The molecule has 108 valence electrons. The molecule has 1 saturated carbocycles. The first-order valence-corrected chi connectivity index (χ1v) is 6.96. The Morgan fingerprint density at radius 2 is 1.80 bits per heavy atom. The van der Waals surface area contributed by atoms with Crippen molar-refractivity contribution in [2.24, 2.45) is 0 Å². The van der Waals surface area contributed by atoms with Gasteiger partial charge < -0.3 is 15.3 Å². The molecule has 2 rings (SSSR count). The van der Waals surface area contributed by atoms with Crippen LogP contribution in [-0.4, -0.2) is 34.6 Å². The summed E-state index contributed by atoms with van der Waals surface area (Å²) in [7, 11) is 0. The fourth-order valence-electron chi connectivity index (χ4n) is 1.70. The van der Waals surface area contributed by atoms with Crippen molar-refractivity contribution in [3.8, 4) is 0 Å². The topological polar surface area (TPSA) is 69.6 Å². The Balaban J connectivity index is 2.13. The molecule has 2 amide bonds. The van der Waals surface area contributed by atoms with E-state index in [1.807, 2.05) is 0 Å². The number of halogens is 3. The van der Waals surface area contributed by atoms with Gasteiger partial charge in [0.1, 0.15) is 6.54 Å². The van der Waals surface area contributed by atoms with E-state index in [-0.39, 0.29) is 27.7 Å². The van der Waals surface area contributed by atoms with Gasteiger partial charge in [-0.1, -0.05) is 34.8 Å². The van der Waals surface area contributed by atoms with Crippen LogP contribution in [0.3, 0.4) is 0 Å². The maximum atomic E-state index is 12.1. The minimum Gasteiger partial charge on any atom is -0.480 e. The average molecular weight is 338 g/mol. The fourth-order valence-corrected chi connectivity index (χ4v) is 2.30. The molecule has 20 heavy (non-hydrogen) atoms. The monoisotopic (exact) mass is 336 g/mol. The van der Waals surface area contributed by atoms with Gasteiger partial charge >= 0.3 is 12.0 Å². The highest BCUT2D eigenvalue weighted by atomic mass is 35.5. The van der Waals surface area contributed by atoms with Gasteiger partial charge in [-0.2, -0.15) is 0 Å². The molecule has 0 bridgehead atoms. The predicted molar refractivity (Wildman–Crippen MR) is 77.9 cm³/mol. The summed E-state index contributed by atoms with van der Waals surface area (Å²) in [6, 6.07) is 2.29. The van der Waals surface area contributed by atoms with E-state index in [2.05, 4.69) is 5.32 Å². The molecule has 0 heterocycles. The van der Waals surface area contributed by atoms with Gasteiger partial charge in [0.25, 0.3) is 0 Å². The van der Waals surface area contributed by atoms with E-state index >= 15 is 0 Å². The van der Waals surface area contributed by atoms with Crippen LogP contribution in [0.4, 0.5) is 10.5 Å². The second-order valence-corrected chi connectivity index (χ2v) is 5.65. The standard InChI is InChI=1S/C12H11Cl3N2O3/c13-7-3-9(15)10(4-8(7)14)16-12(20)17(5-11(18)19)6-1-2-6/h3-4,6H,1-2,5H2,(H,16,20)(H,18,19). The van der Waals surface area contributed by atoms with Crippen molar-refractivity contribution in [3.05, 3.63) is 27.2 Å². The van der Waals surface area contributed by atoms with Crippen LogP contribution >= 0.6 is 34.8 Å². The van der Waals surface area contributed by atoms with Gasteiger partial charge in [-0.3, -0.25) is 4.79 Å². The summed E-state index contributed by atoms with van der Waals surface area (Å²) in [6.07, 6.45) is 1.60. The summed E-state index contributed by atoms with van der Waals surface area (Å²) in [5.41, 5.74) is 0.294. The number of carboxylic acids is 1. The van der Waals surface area contributed by atoms with E-state index in [0.717, 1.165) is 12.8 Å². The highest BCUT2D eigenvalue weighted by Gasteiger charge is 2.34. The average Bonchev–Trinajstić information content (AvgIpc) is 3.16. The molecule has 1 aliphatic rings. The minimum absolute atomic E-state index is 0.0346. The third kappa shape index (κ3) is 3.69. The number of benzene rings is 1. The molecule has 1 fully saturated rings. The van der Waals surface area contributed by atoms with Crippen LogP contribution in [-0.2, 0) is 4.79 Å². The number of rotatable bonds is 4. The van der Waals surface area contributed by atoms with Crippen LogP contribution in [0.5, 0.6) is 0 Å². The van der Waals surface area contributed by atoms with Crippen LogP contribution in [0.25, 0.3) is 0 Å². The number of amides is 2. The highest BCUT2D eigenvalue weighted by molar-refractivity contribution is 6.44. The maximum Gasteiger partial charge on any atom is 0.323 e. The van der Waals surface area contributed by atoms with E-state index in [4.69, 9.17) is 39.9 Å². The second-order valence-electron chi connectivity index (χ2n) is 4.43. The summed E-state index contributed by atoms with van der Waals surface area (Å²) in [4.78, 5) is 24.1. The first-order valence-electron chi connectivity index (χ1n) is 5.82. The van der Waals surface area contributed by atoms with Gasteiger partial charge in [0, 0.05) is 6.04 Å². The van der Waals surface area contributed by atoms with Crippen LogP contribution in [0.1, 0.15) is 12.8 Å². The van der Waals surface area contributed by atoms with Crippen LogP contribution in [0.2, 0.25) is 15.1 Å². The molecule has 2 N–H and O–H groups in total. The van der Waals surface area contributed by atoms with Gasteiger partial charge in [-0.25, -0.2) is 4.79 Å².